The number of nitrogens with zero attached hydrogens (tertiary/aromatic N) is 1. The van der Waals surface area contributed by atoms with Gasteiger partial charge in [0.05, 0.1) is 0 Å². The monoisotopic (exact) mass is 218 g/mol. The molecule has 0 fully saturated rings. The van der Waals surface area contributed by atoms with Gasteiger partial charge in [-0.2, -0.15) is 0 Å². The number of hydrogen-bond donors (Lipinski definition) is 1. The number of carbonyl (C=O) groups is 2. The van der Waals surface area contributed by atoms with Crippen LogP contribution in [0.4, 0.5) is 5.69 Å². The van der Waals surface area contributed by atoms with Crippen LogP contribution in [0.1, 0.15) is 18.1 Å². The van der Waals surface area contributed by atoms with Gasteiger partial charge in [-0.25, -0.2) is 0 Å². The summed E-state index contributed by atoms with van der Waals surface area (Å²) >= 11 is 0. The average Bonchev–Trinajstić information content (AvgIpc) is 2.59. The maximum absolute atomic E-state index is 11.3. The minimum Gasteiger partial charge on any atom is -0.319 e. The van der Waals surface area contributed by atoms with E-state index in [2.05, 4.69) is 10.2 Å². The smallest absolute Gasteiger partial charge is 0.291 e. The Kier molecular flexibility index (Phi) is 2.75. The van der Waals surface area contributed by atoms with E-state index in [4.69, 9.17) is 0 Å². The predicted octanol–water partition coefficient (Wildman–Crippen LogP) is 1.16. The lowest BCUT2D eigenvalue weighted by Crippen LogP contribution is -2.20. The Morgan fingerprint density at radius 3 is 2.75 bits per heavy atom. The molecule has 0 saturated heterocycles. The highest BCUT2D eigenvalue weighted by atomic mass is 16.2. The second kappa shape index (κ2) is 4.06. The molecule has 0 spiro atoms. The Morgan fingerprint density at radius 2 is 2.06 bits per heavy atom. The summed E-state index contributed by atoms with van der Waals surface area (Å²) in [4.78, 5) is 24.4. The van der Waals surface area contributed by atoms with Gasteiger partial charge in [0.2, 0.25) is 5.78 Å². The van der Waals surface area contributed by atoms with Gasteiger partial charge in [0.15, 0.2) is 0 Å². The molecule has 0 unspecified atom stereocenters. The highest BCUT2D eigenvalue weighted by molar-refractivity contribution is 6.39. The third-order valence-corrected chi connectivity index (χ3v) is 2.71. The van der Waals surface area contributed by atoms with E-state index in [-0.39, 0.29) is 0 Å². The summed E-state index contributed by atoms with van der Waals surface area (Å²) in [6, 6.07) is 5.77. The van der Waals surface area contributed by atoms with Crippen LogP contribution in [0.15, 0.2) is 18.2 Å². The van der Waals surface area contributed by atoms with Crippen molar-refractivity contribution in [3.63, 3.8) is 0 Å². The van der Waals surface area contributed by atoms with E-state index >= 15 is 0 Å². The first-order chi connectivity index (χ1) is 7.58. The fraction of sp³-hybridized carbons (Fsp3) is 0.333. The van der Waals surface area contributed by atoms with Crippen LogP contribution in [-0.2, 0) is 22.7 Å². The normalized spacial score (nSPS) is 14.6. The third kappa shape index (κ3) is 1.97. The number of ketones is 1. The highest BCUT2D eigenvalue weighted by Gasteiger charge is 2.20. The minimum absolute atomic E-state index is 0.469. The molecular formula is C12H14N2O2. The third-order valence-electron chi connectivity index (χ3n) is 2.71. The number of carbonyl (C=O) groups excluding carboxylic acids is 2. The average molecular weight is 218 g/mol. The molecule has 0 aromatic heterocycles. The Hall–Kier alpha value is -1.68. The lowest BCUT2D eigenvalue weighted by atomic mass is 10.1. The molecule has 0 atom stereocenters. The van der Waals surface area contributed by atoms with E-state index in [9.17, 15) is 9.59 Å². The molecule has 1 aliphatic rings. The van der Waals surface area contributed by atoms with E-state index in [1.54, 1.807) is 0 Å². The van der Waals surface area contributed by atoms with E-state index < -0.39 is 11.7 Å². The second-order valence-electron chi connectivity index (χ2n) is 4.13. The first kappa shape index (κ1) is 10.8. The van der Waals surface area contributed by atoms with Crippen LogP contribution < -0.4 is 5.32 Å². The fourth-order valence-corrected chi connectivity index (χ4v) is 1.91. The second-order valence-corrected chi connectivity index (χ2v) is 4.13. The number of fused-ring (bicyclic) bond motifs is 1. The van der Waals surface area contributed by atoms with Crippen LogP contribution in [-0.4, -0.2) is 23.6 Å². The SMILES string of the molecule is CC(=O)C(=O)Nc1cccc2c1CN(C)C2. The topological polar surface area (TPSA) is 49.4 Å². The van der Waals surface area contributed by atoms with Crippen molar-refractivity contribution in [2.24, 2.45) is 0 Å². The van der Waals surface area contributed by atoms with Crippen LogP contribution in [0.25, 0.3) is 0 Å². The first-order valence-electron chi connectivity index (χ1n) is 5.19. The summed E-state index contributed by atoms with van der Waals surface area (Å²) in [7, 11) is 2.02. The van der Waals surface area contributed by atoms with Crippen LogP contribution in [0.2, 0.25) is 0 Å². The molecule has 0 radical (unpaired) electrons. The van der Waals surface area contributed by atoms with Gasteiger partial charge >= 0.3 is 0 Å². The number of rotatable bonds is 2. The molecular weight excluding hydrogens is 204 g/mol. The van der Waals surface area contributed by atoms with E-state index in [1.165, 1.54) is 12.5 Å². The van der Waals surface area contributed by atoms with Crippen molar-refractivity contribution in [2.75, 3.05) is 12.4 Å². The van der Waals surface area contributed by atoms with Crippen LogP contribution in [0, 0.1) is 0 Å². The van der Waals surface area contributed by atoms with Crippen molar-refractivity contribution in [3.8, 4) is 0 Å². The number of nitrogens with one attached hydrogen (secondary N) is 1. The van der Waals surface area contributed by atoms with Crippen LogP contribution in [0.5, 0.6) is 0 Å². The number of benzene rings is 1. The molecule has 4 heteroatoms. The van der Waals surface area contributed by atoms with Gasteiger partial charge in [-0.1, -0.05) is 12.1 Å². The van der Waals surface area contributed by atoms with Crippen molar-refractivity contribution in [3.05, 3.63) is 29.3 Å². The van der Waals surface area contributed by atoms with E-state index in [1.807, 2.05) is 25.2 Å². The van der Waals surface area contributed by atoms with Gasteiger partial charge in [-0.05, 0) is 24.2 Å². The van der Waals surface area contributed by atoms with Crippen LogP contribution >= 0.6 is 0 Å². The Bertz CT molecular complexity index is 454. The Morgan fingerprint density at radius 1 is 1.31 bits per heavy atom. The number of Topliss-reactive ketones (excluding diaryl/α,β-unsaturated/α-hetero) is 1. The first-order valence-corrected chi connectivity index (χ1v) is 5.19. The van der Waals surface area contributed by atoms with Crippen molar-refractivity contribution < 1.29 is 9.59 Å². The summed E-state index contributed by atoms with van der Waals surface area (Å²) in [6.07, 6.45) is 0. The van der Waals surface area contributed by atoms with Gasteiger partial charge in [0.1, 0.15) is 0 Å². The Labute approximate surface area is 94.2 Å². The van der Waals surface area contributed by atoms with E-state index in [0.29, 0.717) is 0 Å². The molecule has 1 heterocycles. The number of amides is 1. The largest absolute Gasteiger partial charge is 0.319 e. The summed E-state index contributed by atoms with van der Waals surface area (Å²) in [6.45, 7) is 2.97. The molecule has 4 nitrogen and oxygen atoms in total. The lowest BCUT2D eigenvalue weighted by Gasteiger charge is -2.08. The molecule has 1 aromatic rings. The van der Waals surface area contributed by atoms with Crippen molar-refractivity contribution in [1.82, 2.24) is 4.90 Å². The maximum atomic E-state index is 11.3. The highest BCUT2D eigenvalue weighted by Crippen LogP contribution is 2.28. The molecule has 1 aromatic carbocycles. The minimum atomic E-state index is -0.553. The van der Waals surface area contributed by atoms with Crippen molar-refractivity contribution >= 4 is 17.4 Å². The molecule has 84 valence electrons. The predicted molar refractivity (Wildman–Crippen MR) is 60.9 cm³/mol. The molecule has 0 aliphatic carbocycles. The standard InChI is InChI=1S/C12H14N2O2/c1-8(15)12(16)13-11-5-3-4-9-6-14(2)7-10(9)11/h3-5H,6-7H2,1-2H3,(H,13,16). The number of hydrogen-bond acceptors (Lipinski definition) is 3. The summed E-state index contributed by atoms with van der Waals surface area (Å²) in [5.74, 6) is -1.02. The van der Waals surface area contributed by atoms with Gasteiger partial charge in [0, 0.05) is 25.7 Å². The molecule has 0 saturated carbocycles. The van der Waals surface area contributed by atoms with Gasteiger partial charge in [0.25, 0.3) is 5.91 Å². The molecule has 16 heavy (non-hydrogen) atoms. The van der Waals surface area contributed by atoms with Gasteiger partial charge < -0.3 is 5.32 Å². The molecule has 0 bridgehead atoms. The summed E-state index contributed by atoms with van der Waals surface area (Å²) in [5.41, 5.74) is 3.07. The molecule has 2 rings (SSSR count). The van der Waals surface area contributed by atoms with Crippen molar-refractivity contribution in [1.29, 1.82) is 0 Å². The zero-order valence-electron chi connectivity index (χ0n) is 9.41. The van der Waals surface area contributed by atoms with E-state index in [0.717, 1.165) is 24.3 Å². The quantitative estimate of drug-likeness (QED) is 0.758. The van der Waals surface area contributed by atoms with Gasteiger partial charge in [-0.3, -0.25) is 14.5 Å². The maximum Gasteiger partial charge on any atom is 0.291 e. The zero-order valence-corrected chi connectivity index (χ0v) is 9.41. The fourth-order valence-electron chi connectivity index (χ4n) is 1.91. The van der Waals surface area contributed by atoms with Gasteiger partial charge in [-0.15, -0.1) is 0 Å². The zero-order chi connectivity index (χ0) is 11.7. The Balaban J connectivity index is 2.27. The summed E-state index contributed by atoms with van der Waals surface area (Å²) < 4.78 is 0. The van der Waals surface area contributed by atoms with Crippen molar-refractivity contribution in [2.45, 2.75) is 20.0 Å². The summed E-state index contributed by atoms with van der Waals surface area (Å²) in [5, 5.41) is 2.65. The molecule has 1 aliphatic heterocycles. The molecule has 1 amide bonds. The molecule has 1 N–H and O–H groups in total. The lowest BCUT2D eigenvalue weighted by molar-refractivity contribution is -0.133. The van der Waals surface area contributed by atoms with Crippen LogP contribution in [0.3, 0.4) is 0 Å². The number of anilines is 1.